The summed E-state index contributed by atoms with van der Waals surface area (Å²) >= 11 is 3.96. The number of nitrogen functional groups attached to an aromatic ring is 1. The van der Waals surface area contributed by atoms with Crippen molar-refractivity contribution < 1.29 is 5.11 Å². The highest BCUT2D eigenvalue weighted by Crippen LogP contribution is 2.31. The lowest BCUT2D eigenvalue weighted by Gasteiger charge is -2.00. The Labute approximate surface area is 93.5 Å². The van der Waals surface area contributed by atoms with E-state index in [1.54, 1.807) is 11.3 Å². The van der Waals surface area contributed by atoms with Crippen molar-refractivity contribution in [3.63, 3.8) is 0 Å². The molecule has 4 heteroatoms. The average molecular weight is 305 g/mol. The van der Waals surface area contributed by atoms with E-state index in [0.29, 0.717) is 5.69 Å². The molecule has 2 rings (SSSR count). The summed E-state index contributed by atoms with van der Waals surface area (Å²) < 4.78 is 2.36. The molecular weight excluding hydrogens is 297 g/mol. The summed E-state index contributed by atoms with van der Waals surface area (Å²) in [5.74, 6) is 0. The maximum atomic E-state index is 9.12. The van der Waals surface area contributed by atoms with Crippen LogP contribution in [0.2, 0.25) is 0 Å². The number of hydrogen-bond donors (Lipinski definition) is 2. The van der Waals surface area contributed by atoms with Crippen molar-refractivity contribution in [1.29, 1.82) is 0 Å². The molecule has 0 atom stereocenters. The molecule has 1 aromatic heterocycles. The van der Waals surface area contributed by atoms with E-state index in [9.17, 15) is 0 Å². The van der Waals surface area contributed by atoms with Crippen LogP contribution in [0.15, 0.2) is 18.2 Å². The van der Waals surface area contributed by atoms with E-state index in [-0.39, 0.29) is 6.61 Å². The molecule has 0 fully saturated rings. The third-order valence-electron chi connectivity index (χ3n) is 1.86. The van der Waals surface area contributed by atoms with E-state index in [2.05, 4.69) is 28.7 Å². The monoisotopic (exact) mass is 305 g/mol. The largest absolute Gasteiger partial charge is 0.399 e. The summed E-state index contributed by atoms with van der Waals surface area (Å²) in [5.41, 5.74) is 7.33. The highest BCUT2D eigenvalue weighted by atomic mass is 127. The van der Waals surface area contributed by atoms with Crippen LogP contribution in [0.1, 0.15) is 5.56 Å². The lowest BCUT2D eigenvalue weighted by molar-refractivity contribution is 0.283. The summed E-state index contributed by atoms with van der Waals surface area (Å²) in [6.07, 6.45) is 0. The summed E-state index contributed by atoms with van der Waals surface area (Å²) in [5, 5.41) is 10.2. The second-order valence-electron chi connectivity index (χ2n) is 2.81. The molecular formula is C9H8INOS. The van der Waals surface area contributed by atoms with Crippen LogP contribution >= 0.6 is 33.9 Å². The van der Waals surface area contributed by atoms with Gasteiger partial charge in [0.2, 0.25) is 0 Å². The molecule has 0 saturated heterocycles. The Hall–Kier alpha value is -0.330. The topological polar surface area (TPSA) is 46.2 Å². The second-order valence-corrected chi connectivity index (χ2v) is 5.75. The molecule has 0 spiro atoms. The quantitative estimate of drug-likeness (QED) is 0.628. The summed E-state index contributed by atoms with van der Waals surface area (Å²) in [7, 11) is 0. The first-order valence-corrected chi connectivity index (χ1v) is 5.68. The van der Waals surface area contributed by atoms with Gasteiger partial charge in [0.25, 0.3) is 0 Å². The van der Waals surface area contributed by atoms with Crippen molar-refractivity contribution in [2.45, 2.75) is 6.61 Å². The van der Waals surface area contributed by atoms with Gasteiger partial charge in [-0.1, -0.05) is 0 Å². The van der Waals surface area contributed by atoms with Gasteiger partial charge in [0.1, 0.15) is 0 Å². The molecule has 0 radical (unpaired) electrons. The molecule has 0 saturated carbocycles. The molecule has 0 aliphatic carbocycles. The van der Waals surface area contributed by atoms with E-state index in [4.69, 9.17) is 10.8 Å². The van der Waals surface area contributed by atoms with Gasteiger partial charge >= 0.3 is 0 Å². The van der Waals surface area contributed by atoms with Crippen LogP contribution < -0.4 is 5.73 Å². The van der Waals surface area contributed by atoms with Gasteiger partial charge in [-0.2, -0.15) is 0 Å². The Morgan fingerprint density at radius 1 is 1.38 bits per heavy atom. The number of rotatable bonds is 1. The van der Waals surface area contributed by atoms with Gasteiger partial charge in [0.05, 0.1) is 9.49 Å². The van der Waals surface area contributed by atoms with Crippen LogP contribution in [0, 0.1) is 2.88 Å². The standard InChI is InChI=1S/C9H8INOS/c10-8-3-5-1-7(11)2-6(4-12)9(5)13-8/h1-3,12H,4,11H2. The predicted octanol–water partition coefficient (Wildman–Crippen LogP) is 2.58. The van der Waals surface area contributed by atoms with Gasteiger partial charge < -0.3 is 10.8 Å². The summed E-state index contributed by atoms with van der Waals surface area (Å²) in [6, 6.07) is 5.85. The predicted molar refractivity (Wildman–Crippen MR) is 64.9 cm³/mol. The molecule has 3 N–H and O–H groups in total. The fourth-order valence-electron chi connectivity index (χ4n) is 1.34. The minimum atomic E-state index is 0.0537. The fourth-order valence-corrected chi connectivity index (χ4v) is 3.20. The number of halogens is 1. The lowest BCUT2D eigenvalue weighted by Crippen LogP contribution is -1.88. The van der Waals surface area contributed by atoms with Gasteiger partial charge in [-0.3, -0.25) is 0 Å². The smallest absolute Gasteiger partial charge is 0.0696 e. The normalized spacial score (nSPS) is 10.9. The number of nitrogens with two attached hydrogens (primary N) is 1. The first kappa shape index (κ1) is 9.23. The zero-order chi connectivity index (χ0) is 9.42. The number of aliphatic hydroxyl groups excluding tert-OH is 1. The average Bonchev–Trinajstić information content (AvgIpc) is 2.43. The van der Waals surface area contributed by atoms with Gasteiger partial charge in [0, 0.05) is 10.4 Å². The number of benzene rings is 1. The van der Waals surface area contributed by atoms with E-state index < -0.39 is 0 Å². The molecule has 2 nitrogen and oxygen atoms in total. The van der Waals surface area contributed by atoms with Crippen LogP contribution in [-0.4, -0.2) is 5.11 Å². The maximum absolute atomic E-state index is 9.12. The van der Waals surface area contributed by atoms with Crippen LogP contribution in [0.25, 0.3) is 10.1 Å². The van der Waals surface area contributed by atoms with Crippen molar-refractivity contribution >= 4 is 49.7 Å². The number of fused-ring (bicyclic) bond motifs is 1. The fraction of sp³-hybridized carbons (Fsp3) is 0.111. The Morgan fingerprint density at radius 2 is 2.15 bits per heavy atom. The first-order valence-electron chi connectivity index (χ1n) is 3.79. The number of hydrogen-bond acceptors (Lipinski definition) is 3. The Bertz CT molecular complexity index is 452. The summed E-state index contributed by atoms with van der Waals surface area (Å²) in [6.45, 7) is 0.0537. The zero-order valence-corrected chi connectivity index (χ0v) is 9.72. The van der Waals surface area contributed by atoms with Crippen molar-refractivity contribution in [3.05, 3.63) is 26.6 Å². The van der Waals surface area contributed by atoms with Crippen molar-refractivity contribution in [2.75, 3.05) is 5.73 Å². The Morgan fingerprint density at radius 3 is 2.85 bits per heavy atom. The summed E-state index contributed by atoms with van der Waals surface area (Å²) in [4.78, 5) is 0. The molecule has 1 aromatic carbocycles. The maximum Gasteiger partial charge on any atom is 0.0696 e. The van der Waals surface area contributed by atoms with Crippen LogP contribution in [-0.2, 0) is 6.61 Å². The Balaban J connectivity index is 2.80. The third kappa shape index (κ3) is 1.66. The highest BCUT2D eigenvalue weighted by Gasteiger charge is 2.05. The van der Waals surface area contributed by atoms with E-state index in [0.717, 1.165) is 15.6 Å². The van der Waals surface area contributed by atoms with Gasteiger partial charge in [-0.15, -0.1) is 11.3 Å². The Kier molecular flexibility index (Phi) is 2.44. The molecule has 13 heavy (non-hydrogen) atoms. The van der Waals surface area contributed by atoms with Gasteiger partial charge in [0.15, 0.2) is 0 Å². The molecule has 0 bridgehead atoms. The van der Waals surface area contributed by atoms with Crippen LogP contribution in [0.5, 0.6) is 0 Å². The minimum absolute atomic E-state index is 0.0537. The second kappa shape index (κ2) is 3.43. The van der Waals surface area contributed by atoms with Crippen LogP contribution in [0.4, 0.5) is 5.69 Å². The van der Waals surface area contributed by atoms with Gasteiger partial charge in [-0.25, -0.2) is 0 Å². The molecule has 1 heterocycles. The molecule has 2 aromatic rings. The van der Waals surface area contributed by atoms with Crippen molar-refractivity contribution in [3.8, 4) is 0 Å². The molecule has 0 aliphatic rings. The van der Waals surface area contributed by atoms with Gasteiger partial charge in [-0.05, 0) is 51.7 Å². The van der Waals surface area contributed by atoms with Crippen LogP contribution in [0.3, 0.4) is 0 Å². The molecule has 0 aliphatic heterocycles. The third-order valence-corrected chi connectivity index (χ3v) is 3.84. The first-order chi connectivity index (χ1) is 6.20. The molecule has 0 amide bonds. The number of aliphatic hydroxyl groups is 1. The van der Waals surface area contributed by atoms with Crippen molar-refractivity contribution in [1.82, 2.24) is 0 Å². The van der Waals surface area contributed by atoms with E-state index >= 15 is 0 Å². The molecule has 68 valence electrons. The number of anilines is 1. The zero-order valence-electron chi connectivity index (χ0n) is 6.75. The van der Waals surface area contributed by atoms with E-state index in [1.165, 1.54) is 2.88 Å². The lowest BCUT2D eigenvalue weighted by atomic mass is 10.1. The van der Waals surface area contributed by atoms with Crippen molar-refractivity contribution in [2.24, 2.45) is 0 Å². The van der Waals surface area contributed by atoms with E-state index in [1.807, 2.05) is 12.1 Å². The highest BCUT2D eigenvalue weighted by molar-refractivity contribution is 14.1. The molecule has 0 unspecified atom stereocenters. The SMILES string of the molecule is Nc1cc(CO)c2sc(I)cc2c1. The number of thiophene rings is 1. The minimum Gasteiger partial charge on any atom is -0.399 e.